The second-order valence-corrected chi connectivity index (χ2v) is 6.79. The van der Waals surface area contributed by atoms with Crippen molar-refractivity contribution in [1.82, 2.24) is 0 Å². The van der Waals surface area contributed by atoms with Crippen molar-refractivity contribution in [2.24, 2.45) is 0 Å². The first-order valence-corrected chi connectivity index (χ1v) is 9.22. The highest BCUT2D eigenvalue weighted by Crippen LogP contribution is 2.47. The number of aromatic carboxylic acids is 1. The molecule has 0 unspecified atom stereocenters. The number of ether oxygens (including phenoxy) is 1. The standard InChI is InChI=1S/C15H20NO8P/c1-3-23-25(21,24-4-2)8-6-5-7-22-14-10-12(15(17)18)9-13(11-14)16(19)20/h5-6,9-11H,3-4,7-8H2,1-2H3,(H,17,18)/b6-5+. The minimum absolute atomic E-state index is 0.0124. The summed E-state index contributed by atoms with van der Waals surface area (Å²) in [6.07, 6.45) is 3.17. The van der Waals surface area contributed by atoms with Crippen LogP contribution in [0.25, 0.3) is 0 Å². The van der Waals surface area contributed by atoms with Crippen molar-refractivity contribution in [1.29, 1.82) is 0 Å². The minimum Gasteiger partial charge on any atom is -0.489 e. The Labute approximate surface area is 144 Å². The van der Waals surface area contributed by atoms with Gasteiger partial charge in [0.05, 0.1) is 35.9 Å². The van der Waals surface area contributed by atoms with Gasteiger partial charge in [-0.3, -0.25) is 14.7 Å². The van der Waals surface area contributed by atoms with E-state index in [1.807, 2.05) is 0 Å². The van der Waals surface area contributed by atoms with E-state index in [2.05, 4.69) is 0 Å². The molecule has 10 heteroatoms. The van der Waals surface area contributed by atoms with E-state index in [1.165, 1.54) is 6.07 Å². The molecule has 0 radical (unpaired) electrons. The van der Waals surface area contributed by atoms with E-state index >= 15 is 0 Å². The van der Waals surface area contributed by atoms with Crippen molar-refractivity contribution in [3.8, 4) is 5.75 Å². The molecule has 1 aromatic carbocycles. The molecule has 138 valence electrons. The maximum Gasteiger partial charge on any atom is 0.336 e. The number of carboxylic acids is 1. The summed E-state index contributed by atoms with van der Waals surface area (Å²) in [5.74, 6) is -1.24. The van der Waals surface area contributed by atoms with Gasteiger partial charge in [-0.2, -0.15) is 0 Å². The predicted octanol–water partition coefficient (Wildman–Crippen LogP) is 3.49. The highest BCUT2D eigenvalue weighted by atomic mass is 31.2. The van der Waals surface area contributed by atoms with Crippen LogP contribution in [0, 0.1) is 10.1 Å². The van der Waals surface area contributed by atoms with E-state index in [-0.39, 0.29) is 43.0 Å². The first-order chi connectivity index (χ1) is 11.8. The average molecular weight is 373 g/mol. The van der Waals surface area contributed by atoms with Crippen LogP contribution >= 0.6 is 7.60 Å². The smallest absolute Gasteiger partial charge is 0.336 e. The number of nitro groups is 1. The first kappa shape index (κ1) is 20.8. The fourth-order valence-corrected chi connectivity index (χ4v) is 3.33. The third-order valence-electron chi connectivity index (χ3n) is 2.84. The van der Waals surface area contributed by atoms with E-state index in [4.69, 9.17) is 18.9 Å². The molecule has 0 aromatic heterocycles. The zero-order valence-corrected chi connectivity index (χ0v) is 14.8. The van der Waals surface area contributed by atoms with Crippen LogP contribution in [0.3, 0.4) is 0 Å². The normalized spacial score (nSPS) is 11.6. The van der Waals surface area contributed by atoms with Crippen LogP contribution in [-0.4, -0.2) is 42.0 Å². The van der Waals surface area contributed by atoms with Crippen LogP contribution in [0.4, 0.5) is 5.69 Å². The zero-order valence-electron chi connectivity index (χ0n) is 13.9. The van der Waals surface area contributed by atoms with E-state index in [9.17, 15) is 19.5 Å². The molecule has 0 aliphatic carbocycles. The molecule has 0 spiro atoms. The molecule has 0 aliphatic heterocycles. The summed E-state index contributed by atoms with van der Waals surface area (Å²) >= 11 is 0. The number of rotatable bonds is 11. The number of hydrogen-bond donors (Lipinski definition) is 1. The van der Waals surface area contributed by atoms with Gasteiger partial charge in [-0.25, -0.2) is 4.79 Å². The first-order valence-electron chi connectivity index (χ1n) is 7.50. The molecular weight excluding hydrogens is 353 g/mol. The van der Waals surface area contributed by atoms with Crippen LogP contribution in [0.1, 0.15) is 24.2 Å². The summed E-state index contributed by atoms with van der Waals surface area (Å²) in [4.78, 5) is 21.1. The topological polar surface area (TPSA) is 125 Å². The van der Waals surface area contributed by atoms with Crippen LogP contribution in [-0.2, 0) is 13.6 Å². The molecule has 0 saturated carbocycles. The van der Waals surface area contributed by atoms with Gasteiger partial charge in [-0.15, -0.1) is 0 Å². The lowest BCUT2D eigenvalue weighted by molar-refractivity contribution is -0.385. The third kappa shape index (κ3) is 7.04. The second-order valence-electron chi connectivity index (χ2n) is 4.69. The van der Waals surface area contributed by atoms with Crippen LogP contribution in [0.15, 0.2) is 30.4 Å². The van der Waals surface area contributed by atoms with E-state index in [0.717, 1.165) is 12.1 Å². The molecule has 0 bridgehead atoms. The van der Waals surface area contributed by atoms with Crippen LogP contribution in [0.5, 0.6) is 5.75 Å². The fourth-order valence-electron chi connectivity index (χ4n) is 1.85. The molecule has 0 heterocycles. The molecule has 0 fully saturated rings. The Hall–Kier alpha value is -2.22. The van der Waals surface area contributed by atoms with Crippen molar-refractivity contribution >= 4 is 19.3 Å². The summed E-state index contributed by atoms with van der Waals surface area (Å²) in [6, 6.07) is 3.27. The molecule has 0 aliphatic rings. The van der Waals surface area contributed by atoms with Gasteiger partial charge in [0.25, 0.3) is 5.69 Å². The third-order valence-corrected chi connectivity index (χ3v) is 4.80. The Balaban J connectivity index is 2.70. The highest BCUT2D eigenvalue weighted by molar-refractivity contribution is 7.54. The lowest BCUT2D eigenvalue weighted by atomic mass is 10.2. The van der Waals surface area contributed by atoms with Crippen molar-refractivity contribution in [3.63, 3.8) is 0 Å². The van der Waals surface area contributed by atoms with Crippen LogP contribution in [0.2, 0.25) is 0 Å². The number of non-ortho nitro benzene ring substituents is 1. The summed E-state index contributed by atoms with van der Waals surface area (Å²) in [5.41, 5.74) is -0.624. The average Bonchev–Trinajstić information content (AvgIpc) is 2.54. The molecule has 1 N–H and O–H groups in total. The van der Waals surface area contributed by atoms with Crippen molar-refractivity contribution in [3.05, 3.63) is 46.0 Å². The maximum atomic E-state index is 12.2. The Bertz CT molecular complexity index is 646. The Morgan fingerprint density at radius 1 is 1.24 bits per heavy atom. The number of hydrogen-bond acceptors (Lipinski definition) is 7. The fraction of sp³-hybridized carbons (Fsp3) is 0.400. The number of nitro benzene ring substituents is 1. The number of carboxylic acid groups (broad SMARTS) is 1. The van der Waals surface area contributed by atoms with Crippen LogP contribution < -0.4 is 4.74 Å². The monoisotopic (exact) mass is 373 g/mol. The molecule has 0 saturated heterocycles. The van der Waals surface area contributed by atoms with Crippen molar-refractivity contribution < 1.29 is 33.2 Å². The number of allylic oxidation sites excluding steroid dienone is 1. The SMILES string of the molecule is CCOP(=O)(C/C=C/COc1cc(C(=O)O)cc([N+](=O)[O-])c1)OCC. The minimum atomic E-state index is -3.18. The van der Waals surface area contributed by atoms with Gasteiger partial charge in [0.2, 0.25) is 0 Å². The van der Waals surface area contributed by atoms with Gasteiger partial charge >= 0.3 is 13.6 Å². The highest BCUT2D eigenvalue weighted by Gasteiger charge is 2.21. The molecular formula is C15H20NO8P. The quantitative estimate of drug-likeness (QED) is 0.270. The number of carbonyl (C=O) groups is 1. The number of nitrogens with zero attached hydrogens (tertiary/aromatic N) is 1. The molecule has 0 atom stereocenters. The van der Waals surface area contributed by atoms with Gasteiger partial charge in [0.1, 0.15) is 12.4 Å². The molecule has 9 nitrogen and oxygen atoms in total. The second kappa shape index (κ2) is 9.93. The summed E-state index contributed by atoms with van der Waals surface area (Å²) < 4.78 is 27.7. The van der Waals surface area contributed by atoms with E-state index < -0.39 is 18.5 Å². The van der Waals surface area contributed by atoms with E-state index in [1.54, 1.807) is 26.0 Å². The lowest BCUT2D eigenvalue weighted by Crippen LogP contribution is -2.02. The Morgan fingerprint density at radius 3 is 2.40 bits per heavy atom. The summed E-state index contributed by atoms with van der Waals surface area (Å²) in [5, 5.41) is 19.8. The molecule has 25 heavy (non-hydrogen) atoms. The van der Waals surface area contributed by atoms with Gasteiger partial charge in [0.15, 0.2) is 0 Å². The summed E-state index contributed by atoms with van der Waals surface area (Å²) in [6.45, 7) is 3.95. The van der Waals surface area contributed by atoms with Gasteiger partial charge < -0.3 is 18.9 Å². The molecule has 0 amide bonds. The Morgan fingerprint density at radius 2 is 1.88 bits per heavy atom. The van der Waals surface area contributed by atoms with Gasteiger partial charge in [-0.05, 0) is 19.9 Å². The Kier molecular flexibility index (Phi) is 8.27. The lowest BCUT2D eigenvalue weighted by Gasteiger charge is -2.14. The maximum absolute atomic E-state index is 12.2. The summed E-state index contributed by atoms with van der Waals surface area (Å²) in [7, 11) is -3.18. The van der Waals surface area contributed by atoms with Crippen molar-refractivity contribution in [2.75, 3.05) is 26.0 Å². The zero-order chi connectivity index (χ0) is 18.9. The van der Waals surface area contributed by atoms with Gasteiger partial charge in [-0.1, -0.05) is 12.2 Å². The van der Waals surface area contributed by atoms with E-state index in [0.29, 0.717) is 0 Å². The molecule has 1 rings (SSSR count). The van der Waals surface area contributed by atoms with Crippen molar-refractivity contribution in [2.45, 2.75) is 13.8 Å². The predicted molar refractivity (Wildman–Crippen MR) is 90.4 cm³/mol. The largest absolute Gasteiger partial charge is 0.489 e. The number of benzene rings is 1. The van der Waals surface area contributed by atoms with Gasteiger partial charge in [0, 0.05) is 6.07 Å². The molecule has 1 aromatic rings.